The van der Waals surface area contributed by atoms with Crippen molar-refractivity contribution in [1.82, 2.24) is 0 Å². The molecule has 0 atom stereocenters. The third-order valence-corrected chi connectivity index (χ3v) is 3.93. The molecule has 2 rings (SSSR count). The fraction of sp³-hybridized carbons (Fsp3) is 0.316. The van der Waals surface area contributed by atoms with Gasteiger partial charge in [0.2, 0.25) is 0 Å². The molecular weight excluding hydrogens is 377 g/mol. The molecule has 2 aromatic carbocycles. The number of anilines is 1. The molecule has 28 heavy (non-hydrogen) atoms. The monoisotopic (exact) mass is 396 g/mol. The van der Waals surface area contributed by atoms with Crippen LogP contribution in [0.15, 0.2) is 36.4 Å². The number of hydrogen-bond acceptors (Lipinski definition) is 4. The Balaban J connectivity index is 2.14. The summed E-state index contributed by atoms with van der Waals surface area (Å²) in [4.78, 5) is 21.7. The van der Waals surface area contributed by atoms with E-state index in [2.05, 4.69) is 5.32 Å². The van der Waals surface area contributed by atoms with Gasteiger partial charge in [-0.25, -0.2) is 0 Å². The molecule has 0 aliphatic rings. The molecular formula is C19H19F3N2O4. The molecule has 0 unspecified atom stereocenters. The molecule has 0 bridgehead atoms. The summed E-state index contributed by atoms with van der Waals surface area (Å²) in [5, 5.41) is 13.0. The van der Waals surface area contributed by atoms with Gasteiger partial charge in [0, 0.05) is 11.8 Å². The van der Waals surface area contributed by atoms with Gasteiger partial charge in [-0.2, -0.15) is 13.2 Å². The Hall–Kier alpha value is -3.10. The van der Waals surface area contributed by atoms with Gasteiger partial charge in [-0.15, -0.1) is 0 Å². The van der Waals surface area contributed by atoms with Crippen LogP contribution in [0, 0.1) is 17.0 Å². The van der Waals surface area contributed by atoms with E-state index in [9.17, 15) is 28.1 Å². The van der Waals surface area contributed by atoms with Crippen molar-refractivity contribution in [3.05, 3.63) is 63.2 Å². The number of hydrogen-bond donors (Lipinski definition) is 1. The van der Waals surface area contributed by atoms with Crippen LogP contribution in [0.1, 0.15) is 36.5 Å². The van der Waals surface area contributed by atoms with E-state index in [0.29, 0.717) is 17.9 Å². The molecule has 0 aliphatic heterocycles. The summed E-state index contributed by atoms with van der Waals surface area (Å²) in [7, 11) is 0. The number of alkyl halides is 3. The Kier molecular flexibility index (Phi) is 6.27. The summed E-state index contributed by atoms with van der Waals surface area (Å²) in [6.07, 6.45) is -4.92. The first-order valence-corrected chi connectivity index (χ1v) is 8.38. The smallest absolute Gasteiger partial charge is 0.423 e. The second-order valence-corrected chi connectivity index (χ2v) is 6.52. The van der Waals surface area contributed by atoms with Crippen molar-refractivity contribution in [1.29, 1.82) is 0 Å². The molecule has 2 aromatic rings. The maximum absolute atomic E-state index is 13.0. The molecule has 1 N–H and O–H groups in total. The van der Waals surface area contributed by atoms with Gasteiger partial charge in [-0.1, -0.05) is 26.0 Å². The maximum atomic E-state index is 13.0. The highest BCUT2D eigenvalue weighted by Gasteiger charge is 2.38. The van der Waals surface area contributed by atoms with Crippen molar-refractivity contribution in [3.63, 3.8) is 0 Å². The summed E-state index contributed by atoms with van der Waals surface area (Å²) < 4.78 is 44.6. The number of rotatable bonds is 6. The zero-order valence-corrected chi connectivity index (χ0v) is 15.5. The van der Waals surface area contributed by atoms with Crippen molar-refractivity contribution < 1.29 is 27.6 Å². The summed E-state index contributed by atoms with van der Waals surface area (Å²) in [5.74, 6) is -0.00861. The number of carbonyl (C=O) groups excluding carboxylic acids is 1. The van der Waals surface area contributed by atoms with Crippen molar-refractivity contribution in [2.24, 2.45) is 0 Å². The van der Waals surface area contributed by atoms with Crippen LogP contribution in [0.4, 0.5) is 24.5 Å². The Morgan fingerprint density at radius 3 is 2.46 bits per heavy atom. The number of nitrogens with zero attached hydrogens (tertiary/aromatic N) is 1. The minimum absolute atomic E-state index is 0.155. The van der Waals surface area contributed by atoms with Crippen LogP contribution in [-0.4, -0.2) is 17.4 Å². The average molecular weight is 396 g/mol. The number of nitro groups is 1. The number of halogens is 3. The molecule has 0 saturated carbocycles. The van der Waals surface area contributed by atoms with E-state index in [1.165, 1.54) is 0 Å². The lowest BCUT2D eigenvalue weighted by Gasteiger charge is -2.15. The highest BCUT2D eigenvalue weighted by molar-refractivity contribution is 5.92. The highest BCUT2D eigenvalue weighted by Crippen LogP contribution is 2.37. The SMILES string of the molecule is Cc1ccc(C(C)C)c(OCC(=O)Nc2ccc([N+](=O)[O-])c(C(F)(F)F)c2)c1. The van der Waals surface area contributed by atoms with Crippen LogP contribution in [0.25, 0.3) is 0 Å². The summed E-state index contributed by atoms with van der Waals surface area (Å²) in [6, 6.07) is 7.85. The van der Waals surface area contributed by atoms with Gasteiger partial charge in [0.1, 0.15) is 11.3 Å². The van der Waals surface area contributed by atoms with E-state index < -0.39 is 34.9 Å². The molecule has 1 amide bonds. The first-order valence-electron chi connectivity index (χ1n) is 8.38. The summed E-state index contributed by atoms with van der Waals surface area (Å²) >= 11 is 0. The molecule has 0 radical (unpaired) electrons. The van der Waals surface area contributed by atoms with Crippen molar-refractivity contribution >= 4 is 17.3 Å². The van der Waals surface area contributed by atoms with E-state index in [4.69, 9.17) is 4.74 Å². The highest BCUT2D eigenvalue weighted by atomic mass is 19.4. The van der Waals surface area contributed by atoms with Gasteiger partial charge < -0.3 is 10.1 Å². The van der Waals surface area contributed by atoms with Crippen LogP contribution in [0.5, 0.6) is 5.75 Å². The van der Waals surface area contributed by atoms with E-state index in [-0.39, 0.29) is 11.6 Å². The zero-order chi connectivity index (χ0) is 21.1. The first kappa shape index (κ1) is 21.2. The molecule has 0 heterocycles. The van der Waals surface area contributed by atoms with Crippen LogP contribution in [0.3, 0.4) is 0 Å². The van der Waals surface area contributed by atoms with E-state index >= 15 is 0 Å². The largest absolute Gasteiger partial charge is 0.483 e. The zero-order valence-electron chi connectivity index (χ0n) is 15.5. The van der Waals surface area contributed by atoms with Crippen molar-refractivity contribution in [3.8, 4) is 5.75 Å². The van der Waals surface area contributed by atoms with Gasteiger partial charge in [0.15, 0.2) is 6.61 Å². The van der Waals surface area contributed by atoms with E-state index in [1.54, 1.807) is 6.07 Å². The molecule has 0 aliphatic carbocycles. The number of amides is 1. The molecule has 0 saturated heterocycles. The Morgan fingerprint density at radius 1 is 1.21 bits per heavy atom. The minimum Gasteiger partial charge on any atom is -0.483 e. The standard InChI is InChI=1S/C19H19F3N2O4/c1-11(2)14-6-4-12(3)8-17(14)28-10-18(25)23-13-5-7-16(24(26)27)15(9-13)19(20,21)22/h4-9,11H,10H2,1-3H3,(H,23,25). The predicted octanol–water partition coefficient (Wildman–Crippen LogP) is 5.06. The fourth-order valence-corrected chi connectivity index (χ4v) is 2.58. The fourth-order valence-electron chi connectivity index (χ4n) is 2.58. The molecule has 9 heteroatoms. The van der Waals surface area contributed by atoms with E-state index in [0.717, 1.165) is 17.2 Å². The van der Waals surface area contributed by atoms with Crippen molar-refractivity contribution in [2.75, 3.05) is 11.9 Å². The molecule has 150 valence electrons. The van der Waals surface area contributed by atoms with Gasteiger partial charge in [0.25, 0.3) is 11.6 Å². The van der Waals surface area contributed by atoms with Crippen LogP contribution in [-0.2, 0) is 11.0 Å². The van der Waals surface area contributed by atoms with Gasteiger partial charge in [-0.05, 0) is 42.2 Å². The third kappa shape index (κ3) is 5.21. The molecule has 0 aromatic heterocycles. The topological polar surface area (TPSA) is 81.5 Å². The molecule has 6 nitrogen and oxygen atoms in total. The number of aryl methyl sites for hydroxylation is 1. The molecule has 0 fully saturated rings. The summed E-state index contributed by atoms with van der Waals surface area (Å²) in [6.45, 7) is 5.38. The second-order valence-electron chi connectivity index (χ2n) is 6.52. The lowest BCUT2D eigenvalue weighted by atomic mass is 10.0. The maximum Gasteiger partial charge on any atom is 0.423 e. The van der Waals surface area contributed by atoms with Crippen LogP contribution in [0.2, 0.25) is 0 Å². The lowest BCUT2D eigenvalue weighted by Crippen LogP contribution is -2.21. The van der Waals surface area contributed by atoms with Crippen molar-refractivity contribution in [2.45, 2.75) is 32.9 Å². The Bertz CT molecular complexity index is 895. The first-order chi connectivity index (χ1) is 13.0. The number of carbonyl (C=O) groups is 1. The Morgan fingerprint density at radius 2 is 1.89 bits per heavy atom. The normalized spacial score (nSPS) is 11.4. The minimum atomic E-state index is -4.92. The van der Waals surface area contributed by atoms with Crippen LogP contribution >= 0.6 is 0 Å². The number of benzene rings is 2. The van der Waals surface area contributed by atoms with Gasteiger partial charge in [-0.3, -0.25) is 14.9 Å². The number of ether oxygens (including phenoxy) is 1. The predicted molar refractivity (Wildman–Crippen MR) is 97.5 cm³/mol. The van der Waals surface area contributed by atoms with Gasteiger partial charge in [0.05, 0.1) is 4.92 Å². The van der Waals surface area contributed by atoms with Gasteiger partial charge >= 0.3 is 6.18 Å². The number of nitro benzene ring substituents is 1. The lowest BCUT2D eigenvalue weighted by molar-refractivity contribution is -0.388. The van der Waals surface area contributed by atoms with E-state index in [1.807, 2.05) is 32.9 Å². The Labute approximate surface area is 159 Å². The average Bonchev–Trinajstić information content (AvgIpc) is 2.58. The third-order valence-electron chi connectivity index (χ3n) is 3.93. The second kappa shape index (κ2) is 8.28. The quantitative estimate of drug-likeness (QED) is 0.546. The van der Waals surface area contributed by atoms with Crippen LogP contribution < -0.4 is 10.1 Å². The number of nitrogens with one attached hydrogen (secondary N) is 1. The summed E-state index contributed by atoms with van der Waals surface area (Å²) in [5.41, 5.74) is -0.891. The molecule has 0 spiro atoms.